The van der Waals surface area contributed by atoms with Gasteiger partial charge in [0.25, 0.3) is 0 Å². The number of anilines is 1. The van der Waals surface area contributed by atoms with Crippen molar-refractivity contribution in [1.29, 1.82) is 0 Å². The summed E-state index contributed by atoms with van der Waals surface area (Å²) >= 11 is 0. The van der Waals surface area contributed by atoms with Crippen LogP contribution in [0, 0.1) is 0 Å². The summed E-state index contributed by atoms with van der Waals surface area (Å²) in [4.78, 5) is 14.6. The highest BCUT2D eigenvalue weighted by atomic mass is 19.4. The number of carbonyl (C=O) groups is 1. The normalized spacial score (nSPS) is 15.7. The van der Waals surface area contributed by atoms with E-state index in [1.54, 1.807) is 6.92 Å². The molecule has 0 spiro atoms. The van der Waals surface area contributed by atoms with Gasteiger partial charge in [0.2, 0.25) is 0 Å². The van der Waals surface area contributed by atoms with E-state index >= 15 is 0 Å². The highest BCUT2D eigenvalue weighted by Crippen LogP contribution is 2.45. The maximum atomic E-state index is 13.2. The minimum Gasteiger partial charge on any atom is -0.329 e. The van der Waals surface area contributed by atoms with Crippen LogP contribution in [0.4, 0.5) is 18.9 Å². The standard InChI is InChI=1S/C27H22F3NO/c1-3-25(32)18(2)26-23-12-8-7-11-20(23)17-24(19-9-5-4-6-10-19)31(26)22-15-13-21(14-16-22)27(28,29)30/h4-17,26H,2-3H2,1H3. The predicted molar refractivity (Wildman–Crippen MR) is 122 cm³/mol. The molecule has 0 radical (unpaired) electrons. The number of hydrogen-bond acceptors (Lipinski definition) is 2. The molecular weight excluding hydrogens is 411 g/mol. The van der Waals surface area contributed by atoms with Gasteiger partial charge in [0.05, 0.1) is 11.6 Å². The zero-order valence-corrected chi connectivity index (χ0v) is 17.6. The molecule has 1 heterocycles. The molecule has 4 rings (SSSR count). The summed E-state index contributed by atoms with van der Waals surface area (Å²) in [6, 6.07) is 21.8. The average Bonchev–Trinajstić information content (AvgIpc) is 2.82. The van der Waals surface area contributed by atoms with Crippen molar-refractivity contribution in [3.8, 4) is 0 Å². The highest BCUT2D eigenvalue weighted by Gasteiger charge is 2.35. The number of ketones is 1. The van der Waals surface area contributed by atoms with Gasteiger partial charge in [0.15, 0.2) is 5.78 Å². The molecule has 1 unspecified atom stereocenters. The van der Waals surface area contributed by atoms with Crippen molar-refractivity contribution >= 4 is 23.2 Å². The Balaban J connectivity index is 1.94. The van der Waals surface area contributed by atoms with Crippen LogP contribution in [0.2, 0.25) is 0 Å². The monoisotopic (exact) mass is 433 g/mol. The molecule has 0 amide bonds. The molecule has 1 atom stereocenters. The Hall–Kier alpha value is -3.60. The molecule has 0 aliphatic carbocycles. The second kappa shape index (κ2) is 8.50. The van der Waals surface area contributed by atoms with Crippen molar-refractivity contribution in [2.75, 3.05) is 4.90 Å². The lowest BCUT2D eigenvalue weighted by Crippen LogP contribution is -2.33. The molecule has 0 fully saturated rings. The van der Waals surface area contributed by atoms with Crippen molar-refractivity contribution in [3.05, 3.63) is 113 Å². The number of nitrogens with zero attached hydrogens (tertiary/aromatic N) is 1. The van der Waals surface area contributed by atoms with Gasteiger partial charge in [-0.1, -0.05) is 68.1 Å². The van der Waals surface area contributed by atoms with Crippen LogP contribution in [0.25, 0.3) is 11.8 Å². The van der Waals surface area contributed by atoms with E-state index in [2.05, 4.69) is 6.58 Å². The third-order valence-electron chi connectivity index (χ3n) is 5.65. The number of Topliss-reactive ketones (excluding diaryl/α,β-unsaturated/α-hetero) is 1. The molecule has 5 heteroatoms. The van der Waals surface area contributed by atoms with Crippen molar-refractivity contribution in [2.45, 2.75) is 25.6 Å². The molecular formula is C27H22F3NO. The summed E-state index contributed by atoms with van der Waals surface area (Å²) in [7, 11) is 0. The average molecular weight is 433 g/mol. The van der Waals surface area contributed by atoms with Gasteiger partial charge >= 0.3 is 6.18 Å². The number of fused-ring (bicyclic) bond motifs is 1. The van der Waals surface area contributed by atoms with Gasteiger partial charge in [0, 0.05) is 23.4 Å². The van der Waals surface area contributed by atoms with Gasteiger partial charge in [-0.15, -0.1) is 0 Å². The lowest BCUT2D eigenvalue weighted by molar-refractivity contribution is -0.137. The van der Waals surface area contributed by atoms with E-state index in [4.69, 9.17) is 0 Å². The van der Waals surface area contributed by atoms with E-state index in [1.807, 2.05) is 65.6 Å². The molecule has 0 N–H and O–H groups in total. The Morgan fingerprint density at radius 3 is 2.19 bits per heavy atom. The maximum Gasteiger partial charge on any atom is 0.416 e. The minimum absolute atomic E-state index is 0.0870. The summed E-state index contributed by atoms with van der Waals surface area (Å²) in [6.07, 6.45) is -2.13. The maximum absolute atomic E-state index is 13.2. The van der Waals surface area contributed by atoms with E-state index in [0.717, 1.165) is 34.5 Å². The van der Waals surface area contributed by atoms with Crippen LogP contribution >= 0.6 is 0 Å². The van der Waals surface area contributed by atoms with Crippen LogP contribution in [-0.4, -0.2) is 5.78 Å². The molecule has 3 aromatic rings. The van der Waals surface area contributed by atoms with Crippen LogP contribution < -0.4 is 4.90 Å². The SMILES string of the molecule is C=C(C(=O)CC)C1c2ccccc2C=C(c2ccccc2)N1c1ccc(C(F)(F)F)cc1. The van der Waals surface area contributed by atoms with Crippen LogP contribution in [-0.2, 0) is 11.0 Å². The first kappa shape index (κ1) is 21.6. The van der Waals surface area contributed by atoms with Gasteiger partial charge in [-0.2, -0.15) is 13.2 Å². The van der Waals surface area contributed by atoms with Gasteiger partial charge < -0.3 is 4.90 Å². The number of alkyl halides is 3. The Morgan fingerprint density at radius 1 is 0.938 bits per heavy atom. The molecule has 1 aliphatic rings. The Morgan fingerprint density at radius 2 is 1.56 bits per heavy atom. The lowest BCUT2D eigenvalue weighted by atomic mass is 9.85. The minimum atomic E-state index is -4.42. The fourth-order valence-corrected chi connectivity index (χ4v) is 4.04. The van der Waals surface area contributed by atoms with Crippen LogP contribution in [0.3, 0.4) is 0 Å². The second-order valence-corrected chi connectivity index (χ2v) is 7.64. The van der Waals surface area contributed by atoms with E-state index in [9.17, 15) is 18.0 Å². The lowest BCUT2D eigenvalue weighted by Gasteiger charge is -2.40. The van der Waals surface area contributed by atoms with Gasteiger partial charge in [-0.05, 0) is 47.0 Å². The summed E-state index contributed by atoms with van der Waals surface area (Å²) in [5.74, 6) is -0.0870. The van der Waals surface area contributed by atoms with E-state index < -0.39 is 17.8 Å². The molecule has 1 aliphatic heterocycles. The van der Waals surface area contributed by atoms with Crippen LogP contribution in [0.1, 0.15) is 41.6 Å². The summed E-state index contributed by atoms with van der Waals surface area (Å²) in [5, 5.41) is 0. The van der Waals surface area contributed by atoms with Gasteiger partial charge in [-0.25, -0.2) is 0 Å². The number of halogens is 3. The molecule has 0 bridgehead atoms. The highest BCUT2D eigenvalue weighted by molar-refractivity contribution is 6.01. The number of benzene rings is 3. The molecule has 162 valence electrons. The zero-order valence-electron chi connectivity index (χ0n) is 17.6. The fourth-order valence-electron chi connectivity index (χ4n) is 4.04. The first-order chi connectivity index (χ1) is 15.3. The fraction of sp³-hybridized carbons (Fsp3) is 0.148. The summed E-state index contributed by atoms with van der Waals surface area (Å²) in [6.45, 7) is 5.89. The Kier molecular flexibility index (Phi) is 5.74. The van der Waals surface area contributed by atoms with Crippen LogP contribution in [0.5, 0.6) is 0 Å². The third-order valence-corrected chi connectivity index (χ3v) is 5.65. The zero-order chi connectivity index (χ0) is 22.9. The summed E-state index contributed by atoms with van der Waals surface area (Å²) in [5.41, 5.74) is 3.76. The number of carbonyl (C=O) groups excluding carboxylic acids is 1. The molecule has 2 nitrogen and oxygen atoms in total. The van der Waals surface area contributed by atoms with Gasteiger partial charge in [0.1, 0.15) is 0 Å². The first-order valence-corrected chi connectivity index (χ1v) is 10.4. The number of hydrogen-bond donors (Lipinski definition) is 0. The molecule has 3 aromatic carbocycles. The topological polar surface area (TPSA) is 20.3 Å². The van der Waals surface area contributed by atoms with Crippen molar-refractivity contribution < 1.29 is 18.0 Å². The predicted octanol–water partition coefficient (Wildman–Crippen LogP) is 7.30. The summed E-state index contributed by atoms with van der Waals surface area (Å²) < 4.78 is 39.5. The van der Waals surface area contributed by atoms with Crippen molar-refractivity contribution in [2.24, 2.45) is 0 Å². The molecule has 32 heavy (non-hydrogen) atoms. The van der Waals surface area contributed by atoms with Crippen molar-refractivity contribution in [3.63, 3.8) is 0 Å². The molecule has 0 saturated carbocycles. The second-order valence-electron chi connectivity index (χ2n) is 7.64. The van der Waals surface area contributed by atoms with E-state index in [0.29, 0.717) is 17.7 Å². The largest absolute Gasteiger partial charge is 0.416 e. The smallest absolute Gasteiger partial charge is 0.329 e. The number of rotatable bonds is 5. The Labute approximate surface area is 185 Å². The quantitative estimate of drug-likeness (QED) is 0.394. The third kappa shape index (κ3) is 3.98. The Bertz CT molecular complexity index is 1180. The first-order valence-electron chi connectivity index (χ1n) is 10.4. The van der Waals surface area contributed by atoms with E-state index in [-0.39, 0.29) is 5.78 Å². The van der Waals surface area contributed by atoms with Crippen molar-refractivity contribution in [1.82, 2.24) is 0 Å². The molecule has 0 saturated heterocycles. The van der Waals surface area contributed by atoms with E-state index in [1.165, 1.54) is 12.1 Å². The van der Waals surface area contributed by atoms with Gasteiger partial charge in [-0.3, -0.25) is 4.79 Å². The van der Waals surface area contributed by atoms with Crippen LogP contribution in [0.15, 0.2) is 91.0 Å². The molecule has 0 aromatic heterocycles.